The molecule has 1 saturated heterocycles. The summed E-state index contributed by atoms with van der Waals surface area (Å²) in [6.45, 7) is 4.03. The summed E-state index contributed by atoms with van der Waals surface area (Å²) in [5, 5.41) is -0.622. The number of esters is 1. The Bertz CT molecular complexity index is 945. The summed E-state index contributed by atoms with van der Waals surface area (Å²) < 4.78 is 49.4. The molecule has 1 aliphatic rings. The Balaban J connectivity index is 1.92. The van der Waals surface area contributed by atoms with Gasteiger partial charge in [-0.15, -0.1) is 11.8 Å². The standard InChI is InChI=1S/C23H24F3NO4S/c1-14(2)12-31-22(29)19-13-32-21(16-4-8-17(9-5-16)23(24,25)26)27(19)20(28)15-6-10-18(30-3)11-7-15/h4-11,14,19,21H,12-13H2,1-3H3. The zero-order valence-electron chi connectivity index (χ0n) is 17.9. The molecule has 172 valence electrons. The Morgan fingerprint density at radius 1 is 1.09 bits per heavy atom. The fraction of sp³-hybridized carbons (Fsp3) is 0.391. The normalized spacial score (nSPS) is 18.7. The molecule has 0 spiro atoms. The molecule has 2 aromatic rings. The van der Waals surface area contributed by atoms with Gasteiger partial charge < -0.3 is 14.4 Å². The molecular formula is C23H24F3NO4S. The highest BCUT2D eigenvalue weighted by molar-refractivity contribution is 7.99. The van der Waals surface area contributed by atoms with Gasteiger partial charge in [0.2, 0.25) is 0 Å². The molecule has 32 heavy (non-hydrogen) atoms. The van der Waals surface area contributed by atoms with Gasteiger partial charge in [-0.05, 0) is 47.9 Å². The van der Waals surface area contributed by atoms with E-state index >= 15 is 0 Å². The minimum Gasteiger partial charge on any atom is -0.497 e. The smallest absolute Gasteiger partial charge is 0.416 e. The Morgan fingerprint density at radius 2 is 1.72 bits per heavy atom. The van der Waals surface area contributed by atoms with E-state index in [1.807, 2.05) is 13.8 Å². The second-order valence-electron chi connectivity index (χ2n) is 7.79. The molecule has 0 bridgehead atoms. The van der Waals surface area contributed by atoms with Crippen LogP contribution in [0.5, 0.6) is 5.75 Å². The van der Waals surface area contributed by atoms with Crippen molar-refractivity contribution in [2.45, 2.75) is 31.4 Å². The van der Waals surface area contributed by atoms with Crippen LogP contribution in [0.15, 0.2) is 48.5 Å². The lowest BCUT2D eigenvalue weighted by Gasteiger charge is -2.29. The van der Waals surface area contributed by atoms with Gasteiger partial charge in [-0.1, -0.05) is 26.0 Å². The molecule has 2 atom stereocenters. The average molecular weight is 468 g/mol. The summed E-state index contributed by atoms with van der Waals surface area (Å²) in [5.41, 5.74) is 0.0704. The van der Waals surface area contributed by atoms with Crippen LogP contribution in [0.1, 0.15) is 40.7 Å². The molecule has 2 unspecified atom stereocenters. The fourth-order valence-electron chi connectivity index (χ4n) is 3.26. The van der Waals surface area contributed by atoms with E-state index in [2.05, 4.69) is 0 Å². The van der Waals surface area contributed by atoms with Crippen LogP contribution in [0.4, 0.5) is 13.2 Å². The lowest BCUT2D eigenvalue weighted by atomic mass is 10.1. The van der Waals surface area contributed by atoms with Gasteiger partial charge >= 0.3 is 12.1 Å². The van der Waals surface area contributed by atoms with Crippen molar-refractivity contribution < 1.29 is 32.2 Å². The molecule has 0 saturated carbocycles. The van der Waals surface area contributed by atoms with Crippen LogP contribution in [0.25, 0.3) is 0 Å². The Labute approximate surface area is 188 Å². The van der Waals surface area contributed by atoms with Crippen LogP contribution in [-0.2, 0) is 15.7 Å². The zero-order valence-corrected chi connectivity index (χ0v) is 18.7. The van der Waals surface area contributed by atoms with Gasteiger partial charge in [0.25, 0.3) is 5.91 Å². The van der Waals surface area contributed by atoms with E-state index in [9.17, 15) is 22.8 Å². The van der Waals surface area contributed by atoms with Crippen LogP contribution in [0.2, 0.25) is 0 Å². The summed E-state index contributed by atoms with van der Waals surface area (Å²) in [7, 11) is 1.51. The number of nitrogens with zero attached hydrogens (tertiary/aromatic N) is 1. The first kappa shape index (κ1) is 24.0. The number of thioether (sulfide) groups is 1. The van der Waals surface area contributed by atoms with Gasteiger partial charge in [-0.25, -0.2) is 4.79 Å². The molecule has 9 heteroatoms. The number of alkyl halides is 3. The van der Waals surface area contributed by atoms with Gasteiger partial charge in [0.1, 0.15) is 17.2 Å². The summed E-state index contributed by atoms with van der Waals surface area (Å²) in [6, 6.07) is 10.3. The van der Waals surface area contributed by atoms with Gasteiger partial charge in [0.05, 0.1) is 19.3 Å². The average Bonchev–Trinajstić information content (AvgIpc) is 3.21. The molecular weight excluding hydrogens is 443 g/mol. The molecule has 2 aromatic carbocycles. The molecule has 0 aliphatic carbocycles. The minimum atomic E-state index is -4.46. The predicted molar refractivity (Wildman–Crippen MR) is 115 cm³/mol. The first-order chi connectivity index (χ1) is 15.1. The number of carbonyl (C=O) groups is 2. The van der Waals surface area contributed by atoms with Crippen LogP contribution in [0.3, 0.4) is 0 Å². The van der Waals surface area contributed by atoms with Crippen LogP contribution in [0, 0.1) is 5.92 Å². The number of rotatable bonds is 6. The molecule has 0 N–H and O–H groups in total. The third-order valence-electron chi connectivity index (χ3n) is 4.93. The first-order valence-corrected chi connectivity index (χ1v) is 11.1. The summed E-state index contributed by atoms with van der Waals surface area (Å²) >= 11 is 1.32. The fourth-order valence-corrected chi connectivity index (χ4v) is 4.67. The Kier molecular flexibility index (Phi) is 7.38. The van der Waals surface area contributed by atoms with Gasteiger partial charge in [0.15, 0.2) is 0 Å². The second kappa shape index (κ2) is 9.85. The van der Waals surface area contributed by atoms with Crippen molar-refractivity contribution in [3.8, 4) is 5.75 Å². The molecule has 0 radical (unpaired) electrons. The van der Waals surface area contributed by atoms with E-state index < -0.39 is 35.0 Å². The number of halogens is 3. The largest absolute Gasteiger partial charge is 0.497 e. The SMILES string of the molecule is COc1ccc(C(=O)N2C(C(=O)OCC(C)C)CSC2c2ccc(C(F)(F)F)cc2)cc1. The van der Waals surface area contributed by atoms with Crippen molar-refractivity contribution in [2.75, 3.05) is 19.5 Å². The maximum absolute atomic E-state index is 13.4. The lowest BCUT2D eigenvalue weighted by Crippen LogP contribution is -2.44. The molecule has 5 nitrogen and oxygen atoms in total. The number of ether oxygens (including phenoxy) is 2. The van der Waals surface area contributed by atoms with Crippen LogP contribution in [-0.4, -0.2) is 42.3 Å². The Hall–Kier alpha value is -2.68. The maximum atomic E-state index is 13.4. The van der Waals surface area contributed by atoms with Crippen LogP contribution < -0.4 is 4.74 Å². The summed E-state index contributed by atoms with van der Waals surface area (Å²) in [6.07, 6.45) is -4.46. The summed E-state index contributed by atoms with van der Waals surface area (Å²) in [5.74, 6) is 0.0512. The van der Waals surface area contributed by atoms with E-state index in [1.54, 1.807) is 24.3 Å². The predicted octanol–water partition coefficient (Wildman–Crippen LogP) is 5.17. The zero-order chi connectivity index (χ0) is 23.5. The lowest BCUT2D eigenvalue weighted by molar-refractivity contribution is -0.149. The number of hydrogen-bond acceptors (Lipinski definition) is 5. The first-order valence-electron chi connectivity index (χ1n) is 10.0. The highest BCUT2D eigenvalue weighted by Gasteiger charge is 2.43. The van der Waals surface area contributed by atoms with Crippen molar-refractivity contribution in [1.29, 1.82) is 0 Å². The van der Waals surface area contributed by atoms with Crippen molar-refractivity contribution in [1.82, 2.24) is 4.90 Å². The number of amides is 1. The minimum absolute atomic E-state index is 0.129. The van der Waals surface area contributed by atoms with E-state index in [0.29, 0.717) is 16.9 Å². The quantitative estimate of drug-likeness (QED) is 0.549. The number of carbonyl (C=O) groups excluding carboxylic acids is 2. The molecule has 1 fully saturated rings. The Morgan fingerprint density at radius 3 is 2.25 bits per heavy atom. The second-order valence-corrected chi connectivity index (χ2v) is 8.90. The monoisotopic (exact) mass is 467 g/mol. The molecule has 3 rings (SSSR count). The molecule has 1 amide bonds. The number of benzene rings is 2. The third-order valence-corrected chi connectivity index (χ3v) is 6.25. The molecule has 1 aliphatic heterocycles. The highest BCUT2D eigenvalue weighted by Crippen LogP contribution is 2.43. The van der Waals surface area contributed by atoms with E-state index in [1.165, 1.54) is 35.9 Å². The maximum Gasteiger partial charge on any atom is 0.416 e. The molecule has 0 aromatic heterocycles. The van der Waals surface area contributed by atoms with Crippen molar-refractivity contribution in [2.24, 2.45) is 5.92 Å². The van der Waals surface area contributed by atoms with Crippen molar-refractivity contribution in [3.05, 3.63) is 65.2 Å². The van der Waals surface area contributed by atoms with Gasteiger partial charge in [-0.2, -0.15) is 13.2 Å². The van der Waals surface area contributed by atoms with E-state index in [4.69, 9.17) is 9.47 Å². The van der Waals surface area contributed by atoms with E-state index in [-0.39, 0.29) is 18.3 Å². The highest BCUT2D eigenvalue weighted by atomic mass is 32.2. The van der Waals surface area contributed by atoms with Crippen LogP contribution >= 0.6 is 11.8 Å². The van der Waals surface area contributed by atoms with Gasteiger partial charge in [-0.3, -0.25) is 4.79 Å². The van der Waals surface area contributed by atoms with E-state index in [0.717, 1.165) is 12.1 Å². The van der Waals surface area contributed by atoms with Crippen molar-refractivity contribution in [3.63, 3.8) is 0 Å². The molecule has 1 heterocycles. The summed E-state index contributed by atoms with van der Waals surface area (Å²) in [4.78, 5) is 27.6. The topological polar surface area (TPSA) is 55.8 Å². The number of methoxy groups -OCH3 is 1. The van der Waals surface area contributed by atoms with Crippen molar-refractivity contribution >= 4 is 23.6 Å². The van der Waals surface area contributed by atoms with Gasteiger partial charge in [0, 0.05) is 11.3 Å². The third kappa shape index (κ3) is 5.38. The number of hydrogen-bond donors (Lipinski definition) is 0.